The van der Waals surface area contributed by atoms with Gasteiger partial charge in [-0.05, 0) is 60.4 Å². The summed E-state index contributed by atoms with van der Waals surface area (Å²) < 4.78 is 57.8. The number of nitrogens with one attached hydrogen (secondary N) is 1. The number of hydrogen-bond donors (Lipinski definition) is 1. The first-order valence-electron chi connectivity index (χ1n) is 15.4. The van der Waals surface area contributed by atoms with E-state index in [2.05, 4.69) is 5.32 Å². The van der Waals surface area contributed by atoms with Gasteiger partial charge in [-0.3, -0.25) is 13.9 Å². The third kappa shape index (κ3) is 8.17. The van der Waals surface area contributed by atoms with Crippen LogP contribution >= 0.6 is 0 Å². The van der Waals surface area contributed by atoms with Crippen molar-refractivity contribution in [2.45, 2.75) is 62.0 Å². The molecule has 1 fully saturated rings. The monoisotopic (exact) mass is 645 g/mol. The Labute approximate surface area is 268 Å². The third-order valence-corrected chi connectivity index (χ3v) is 9.99. The molecule has 0 heterocycles. The highest BCUT2D eigenvalue weighted by Crippen LogP contribution is 2.27. The Morgan fingerprint density at radius 3 is 2.02 bits per heavy atom. The van der Waals surface area contributed by atoms with E-state index in [0.29, 0.717) is 5.56 Å². The second-order valence-corrected chi connectivity index (χ2v) is 13.3. The molecule has 1 aliphatic rings. The first-order valence-corrected chi connectivity index (χ1v) is 16.9. The van der Waals surface area contributed by atoms with Crippen LogP contribution in [0.25, 0.3) is 0 Å². The van der Waals surface area contributed by atoms with E-state index in [9.17, 15) is 22.4 Å². The third-order valence-electron chi connectivity index (χ3n) is 8.22. The van der Waals surface area contributed by atoms with Crippen LogP contribution in [0, 0.1) is 11.6 Å². The van der Waals surface area contributed by atoms with Crippen molar-refractivity contribution in [2.75, 3.05) is 10.8 Å². The van der Waals surface area contributed by atoms with E-state index in [1.54, 1.807) is 18.2 Å². The second kappa shape index (κ2) is 15.1. The average molecular weight is 646 g/mol. The number of para-hydroxylation sites is 1. The number of carbonyl (C=O) groups excluding carboxylic acids is 2. The van der Waals surface area contributed by atoms with E-state index in [0.717, 1.165) is 48.0 Å². The van der Waals surface area contributed by atoms with Crippen molar-refractivity contribution in [2.24, 2.45) is 0 Å². The van der Waals surface area contributed by atoms with Gasteiger partial charge >= 0.3 is 0 Å². The number of carbonyl (C=O) groups is 2. The molecule has 4 aromatic rings. The van der Waals surface area contributed by atoms with Crippen LogP contribution in [0.3, 0.4) is 0 Å². The fourth-order valence-corrected chi connectivity index (χ4v) is 7.21. The fourth-order valence-electron chi connectivity index (χ4n) is 5.77. The van der Waals surface area contributed by atoms with Crippen LogP contribution in [-0.4, -0.2) is 43.8 Å². The molecule has 5 rings (SSSR count). The van der Waals surface area contributed by atoms with Gasteiger partial charge in [0.25, 0.3) is 10.0 Å². The summed E-state index contributed by atoms with van der Waals surface area (Å²) in [4.78, 5) is 29.7. The number of halogens is 2. The molecule has 1 N–H and O–H groups in total. The second-order valence-electron chi connectivity index (χ2n) is 11.5. The Kier molecular flexibility index (Phi) is 10.8. The SMILES string of the molecule is O=C(NC1CCCCC1)[C@H](Cc1ccccc1)N(Cc1ccc(F)cc1)C(=O)CN(c1ccccc1F)S(=O)(=O)c1ccccc1. The lowest BCUT2D eigenvalue weighted by molar-refractivity contribution is -0.140. The Morgan fingerprint density at radius 2 is 1.37 bits per heavy atom. The summed E-state index contributed by atoms with van der Waals surface area (Å²) in [6, 6.07) is 26.5. The van der Waals surface area contributed by atoms with Crippen molar-refractivity contribution in [3.63, 3.8) is 0 Å². The molecule has 0 aliphatic heterocycles. The highest BCUT2D eigenvalue weighted by molar-refractivity contribution is 7.92. The van der Waals surface area contributed by atoms with Gasteiger partial charge in [-0.25, -0.2) is 17.2 Å². The summed E-state index contributed by atoms with van der Waals surface area (Å²) in [6.45, 7) is -0.882. The van der Waals surface area contributed by atoms with Crippen molar-refractivity contribution >= 4 is 27.5 Å². The molecule has 2 amide bonds. The number of anilines is 1. The van der Waals surface area contributed by atoms with Crippen LogP contribution in [-0.2, 0) is 32.6 Å². The zero-order valence-corrected chi connectivity index (χ0v) is 26.2. The van der Waals surface area contributed by atoms with Crippen LogP contribution in [0.2, 0.25) is 0 Å². The molecule has 240 valence electrons. The molecular formula is C36H37F2N3O4S. The molecule has 0 aromatic heterocycles. The van der Waals surface area contributed by atoms with Crippen molar-refractivity contribution in [3.05, 3.63) is 132 Å². The van der Waals surface area contributed by atoms with Crippen molar-refractivity contribution in [1.82, 2.24) is 10.2 Å². The van der Waals surface area contributed by atoms with Crippen LogP contribution in [0.4, 0.5) is 14.5 Å². The molecule has 46 heavy (non-hydrogen) atoms. The van der Waals surface area contributed by atoms with Gasteiger partial charge in [0.1, 0.15) is 24.2 Å². The van der Waals surface area contributed by atoms with Gasteiger partial charge in [-0.1, -0.05) is 92.1 Å². The number of rotatable bonds is 12. The molecule has 1 aliphatic carbocycles. The Bertz CT molecular complexity index is 1720. The number of hydrogen-bond acceptors (Lipinski definition) is 4. The molecule has 4 aromatic carbocycles. The minimum atomic E-state index is -4.42. The summed E-state index contributed by atoms with van der Waals surface area (Å²) >= 11 is 0. The zero-order valence-electron chi connectivity index (χ0n) is 25.4. The van der Waals surface area contributed by atoms with Crippen LogP contribution in [0.15, 0.2) is 114 Å². The van der Waals surface area contributed by atoms with Gasteiger partial charge in [-0.15, -0.1) is 0 Å². The Hall–Kier alpha value is -4.57. The van der Waals surface area contributed by atoms with Gasteiger partial charge in [0.05, 0.1) is 10.6 Å². The molecule has 1 atom stereocenters. The lowest BCUT2D eigenvalue weighted by Crippen LogP contribution is -2.55. The largest absolute Gasteiger partial charge is 0.352 e. The zero-order chi connectivity index (χ0) is 32.5. The molecule has 0 unspecified atom stereocenters. The highest BCUT2D eigenvalue weighted by atomic mass is 32.2. The average Bonchev–Trinajstić information content (AvgIpc) is 3.07. The number of sulfonamides is 1. The number of nitrogens with zero attached hydrogens (tertiary/aromatic N) is 2. The predicted molar refractivity (Wildman–Crippen MR) is 173 cm³/mol. The Morgan fingerprint density at radius 1 is 0.761 bits per heavy atom. The smallest absolute Gasteiger partial charge is 0.264 e. The first-order chi connectivity index (χ1) is 22.2. The molecule has 0 saturated heterocycles. The van der Waals surface area contributed by atoms with Crippen LogP contribution in [0.1, 0.15) is 43.2 Å². The van der Waals surface area contributed by atoms with Gasteiger partial charge in [0.2, 0.25) is 11.8 Å². The minimum Gasteiger partial charge on any atom is -0.352 e. The molecule has 0 bridgehead atoms. The maximum atomic E-state index is 15.2. The summed E-state index contributed by atoms with van der Waals surface area (Å²) in [6.07, 6.45) is 4.87. The first kappa shape index (κ1) is 32.8. The lowest BCUT2D eigenvalue weighted by Gasteiger charge is -2.35. The molecular weight excluding hydrogens is 608 g/mol. The van der Waals surface area contributed by atoms with E-state index in [-0.39, 0.29) is 35.5 Å². The van der Waals surface area contributed by atoms with Crippen LogP contribution < -0.4 is 9.62 Å². The standard InChI is InChI=1S/C36H37F2N3O4S/c37-29-22-20-28(21-23-29)25-40(34(24-27-12-4-1-5-13-27)36(43)39-30-14-6-2-7-15-30)35(42)26-41(33-19-11-10-18-32(33)38)46(44,45)31-16-8-3-9-17-31/h1,3-5,8-13,16-23,30,34H,2,6-7,14-15,24-26H2,(H,39,43)/t34-/m0/s1. The highest BCUT2D eigenvalue weighted by Gasteiger charge is 2.36. The van der Waals surface area contributed by atoms with Crippen molar-refractivity contribution < 1.29 is 26.8 Å². The normalized spacial score (nSPS) is 14.3. The van der Waals surface area contributed by atoms with E-state index < -0.39 is 40.2 Å². The summed E-state index contributed by atoms with van der Waals surface area (Å²) in [5, 5.41) is 3.13. The van der Waals surface area contributed by atoms with Gasteiger partial charge < -0.3 is 10.2 Å². The van der Waals surface area contributed by atoms with E-state index in [4.69, 9.17) is 0 Å². The summed E-state index contributed by atoms with van der Waals surface area (Å²) in [7, 11) is -4.42. The summed E-state index contributed by atoms with van der Waals surface area (Å²) in [5.74, 6) is -2.37. The molecule has 1 saturated carbocycles. The quantitative estimate of drug-likeness (QED) is 0.197. The van der Waals surface area contributed by atoms with Crippen molar-refractivity contribution in [3.8, 4) is 0 Å². The summed E-state index contributed by atoms with van der Waals surface area (Å²) in [5.41, 5.74) is 1.04. The molecule has 10 heteroatoms. The fraction of sp³-hybridized carbons (Fsp3) is 0.278. The van der Waals surface area contributed by atoms with Crippen molar-refractivity contribution in [1.29, 1.82) is 0 Å². The minimum absolute atomic E-state index is 0.0457. The lowest BCUT2D eigenvalue weighted by atomic mass is 9.94. The van der Waals surface area contributed by atoms with E-state index in [1.165, 1.54) is 59.5 Å². The molecule has 7 nitrogen and oxygen atoms in total. The predicted octanol–water partition coefficient (Wildman–Crippen LogP) is 6.25. The number of benzene rings is 4. The number of amides is 2. The van der Waals surface area contributed by atoms with E-state index >= 15 is 4.39 Å². The maximum absolute atomic E-state index is 15.2. The van der Waals surface area contributed by atoms with Gasteiger partial charge in [0, 0.05) is 19.0 Å². The van der Waals surface area contributed by atoms with Gasteiger partial charge in [-0.2, -0.15) is 0 Å². The molecule has 0 spiro atoms. The maximum Gasteiger partial charge on any atom is 0.264 e. The van der Waals surface area contributed by atoms with Crippen LogP contribution in [0.5, 0.6) is 0 Å². The van der Waals surface area contributed by atoms with Gasteiger partial charge in [0.15, 0.2) is 0 Å². The molecule has 0 radical (unpaired) electrons. The Balaban J connectivity index is 1.56. The van der Waals surface area contributed by atoms with E-state index in [1.807, 2.05) is 30.3 Å². The topological polar surface area (TPSA) is 86.8 Å².